The molecule has 14 heavy (non-hydrogen) atoms. The summed E-state index contributed by atoms with van der Waals surface area (Å²) >= 11 is 0. The lowest BCUT2D eigenvalue weighted by Gasteiger charge is -2.11. The van der Waals surface area contributed by atoms with E-state index in [0.29, 0.717) is 5.75 Å². The second-order valence-corrected chi connectivity index (χ2v) is 3.51. The van der Waals surface area contributed by atoms with Gasteiger partial charge in [0.2, 0.25) is 0 Å². The third kappa shape index (κ3) is 1.52. The molecule has 1 aliphatic rings. The van der Waals surface area contributed by atoms with Crippen molar-refractivity contribution in [2.75, 3.05) is 0 Å². The van der Waals surface area contributed by atoms with Gasteiger partial charge in [0.25, 0.3) is 0 Å². The van der Waals surface area contributed by atoms with Crippen molar-refractivity contribution in [3.05, 3.63) is 29.8 Å². The van der Waals surface area contributed by atoms with Gasteiger partial charge in [0.15, 0.2) is 0 Å². The number of para-hydroxylation sites is 1. The summed E-state index contributed by atoms with van der Waals surface area (Å²) in [4.78, 5) is 11.3. The molecule has 0 unspecified atom stereocenters. The Kier molecular flexibility index (Phi) is 2.94. The molecular weight excluding hydrogens is 176 g/mol. The van der Waals surface area contributed by atoms with E-state index in [9.17, 15) is 4.79 Å². The van der Waals surface area contributed by atoms with Crippen molar-refractivity contribution in [2.45, 2.75) is 33.1 Å². The lowest BCUT2D eigenvalue weighted by atomic mass is 9.86. The van der Waals surface area contributed by atoms with E-state index in [1.54, 1.807) is 0 Å². The number of fused-ring (bicyclic) bond motifs is 1. The van der Waals surface area contributed by atoms with Gasteiger partial charge in [-0.15, -0.1) is 0 Å². The van der Waals surface area contributed by atoms with Crippen LogP contribution in [-0.2, 0) is 10.2 Å². The molecule has 2 nitrogen and oxygen atoms in total. The molecule has 0 aromatic heterocycles. The summed E-state index contributed by atoms with van der Waals surface area (Å²) in [6.07, 6.45) is 0. The number of hydrogen-bond donors (Lipinski definition) is 0. The van der Waals surface area contributed by atoms with Gasteiger partial charge in [0, 0.05) is 5.56 Å². The van der Waals surface area contributed by atoms with E-state index < -0.39 is 5.41 Å². The predicted octanol–water partition coefficient (Wildman–Crippen LogP) is 2.91. The number of hydrogen-bond acceptors (Lipinski definition) is 2. The van der Waals surface area contributed by atoms with Gasteiger partial charge in [-0.25, -0.2) is 0 Å². The van der Waals surface area contributed by atoms with Crippen molar-refractivity contribution in [1.82, 2.24) is 0 Å². The first-order valence-corrected chi connectivity index (χ1v) is 4.94. The Hall–Kier alpha value is -1.31. The highest BCUT2D eigenvalue weighted by molar-refractivity contribution is 5.89. The van der Waals surface area contributed by atoms with Crippen LogP contribution in [0.2, 0.25) is 0 Å². The smallest absolute Gasteiger partial charge is 0.321 e. The Morgan fingerprint density at radius 2 is 1.71 bits per heavy atom. The molecule has 0 N–H and O–H groups in total. The normalized spacial score (nSPS) is 16.4. The molecule has 0 bridgehead atoms. The highest BCUT2D eigenvalue weighted by Gasteiger charge is 2.40. The Labute approximate surface area is 84.9 Å². The summed E-state index contributed by atoms with van der Waals surface area (Å²) in [5, 5.41) is 0. The molecule has 2 heteroatoms. The number of benzene rings is 1. The topological polar surface area (TPSA) is 26.3 Å². The Morgan fingerprint density at radius 3 is 2.29 bits per heavy atom. The summed E-state index contributed by atoms with van der Waals surface area (Å²) in [5.41, 5.74) is 0.506. The van der Waals surface area contributed by atoms with Gasteiger partial charge in [-0.2, -0.15) is 0 Å². The van der Waals surface area contributed by atoms with E-state index >= 15 is 0 Å². The maximum Gasteiger partial charge on any atom is 0.321 e. The van der Waals surface area contributed by atoms with E-state index in [1.807, 2.05) is 52.0 Å². The Balaban J connectivity index is 0.000000461. The quantitative estimate of drug-likeness (QED) is 0.466. The molecule has 76 valence electrons. The minimum absolute atomic E-state index is 0.163. The first kappa shape index (κ1) is 10.8. The molecule has 0 spiro atoms. The Morgan fingerprint density at radius 1 is 1.14 bits per heavy atom. The number of carbonyl (C=O) groups excluding carboxylic acids is 1. The summed E-state index contributed by atoms with van der Waals surface area (Å²) in [6.45, 7) is 7.75. The fourth-order valence-corrected chi connectivity index (χ4v) is 1.41. The van der Waals surface area contributed by atoms with E-state index in [4.69, 9.17) is 4.74 Å². The van der Waals surface area contributed by atoms with Crippen molar-refractivity contribution in [1.29, 1.82) is 0 Å². The van der Waals surface area contributed by atoms with Crippen molar-refractivity contribution < 1.29 is 9.53 Å². The number of ether oxygens (including phenoxy) is 1. The molecule has 1 aromatic rings. The number of carbonyl (C=O) groups is 1. The summed E-state index contributed by atoms with van der Waals surface area (Å²) < 4.78 is 5.08. The number of rotatable bonds is 0. The van der Waals surface area contributed by atoms with Crippen LogP contribution in [0.1, 0.15) is 33.3 Å². The lowest BCUT2D eigenvalue weighted by molar-refractivity contribution is -0.137. The second kappa shape index (κ2) is 3.82. The molecule has 0 atom stereocenters. The summed E-state index contributed by atoms with van der Waals surface area (Å²) in [7, 11) is 0. The first-order valence-electron chi connectivity index (χ1n) is 4.94. The van der Waals surface area contributed by atoms with E-state index in [-0.39, 0.29) is 5.97 Å². The molecule has 1 heterocycles. The molecule has 0 fully saturated rings. The minimum atomic E-state index is -0.476. The fourth-order valence-electron chi connectivity index (χ4n) is 1.41. The molecule has 0 amide bonds. The maximum absolute atomic E-state index is 11.3. The minimum Gasteiger partial charge on any atom is -0.426 e. The van der Waals surface area contributed by atoms with Gasteiger partial charge in [-0.05, 0) is 19.9 Å². The van der Waals surface area contributed by atoms with Crippen molar-refractivity contribution in [3.8, 4) is 5.75 Å². The molecule has 1 aliphatic heterocycles. The van der Waals surface area contributed by atoms with Crippen LogP contribution in [0.15, 0.2) is 24.3 Å². The van der Waals surface area contributed by atoms with Crippen molar-refractivity contribution in [2.24, 2.45) is 0 Å². The summed E-state index contributed by atoms with van der Waals surface area (Å²) in [5.74, 6) is 0.538. The molecular formula is C12H16O2. The average Bonchev–Trinajstić information content (AvgIpc) is 2.42. The SMILES string of the molecule is CC.CC1(C)C(=O)Oc2ccccc21. The third-order valence-corrected chi connectivity index (χ3v) is 2.27. The zero-order valence-electron chi connectivity index (χ0n) is 9.13. The van der Waals surface area contributed by atoms with Gasteiger partial charge < -0.3 is 4.74 Å². The van der Waals surface area contributed by atoms with Gasteiger partial charge in [-0.3, -0.25) is 4.79 Å². The molecule has 0 saturated heterocycles. The second-order valence-electron chi connectivity index (χ2n) is 3.51. The van der Waals surface area contributed by atoms with Crippen LogP contribution in [0.5, 0.6) is 5.75 Å². The van der Waals surface area contributed by atoms with Crippen LogP contribution >= 0.6 is 0 Å². The monoisotopic (exact) mass is 192 g/mol. The van der Waals surface area contributed by atoms with Crippen LogP contribution < -0.4 is 4.74 Å². The van der Waals surface area contributed by atoms with E-state index in [2.05, 4.69) is 0 Å². The summed E-state index contributed by atoms with van der Waals surface area (Å²) in [6, 6.07) is 7.54. The van der Waals surface area contributed by atoms with Crippen molar-refractivity contribution >= 4 is 5.97 Å². The fraction of sp³-hybridized carbons (Fsp3) is 0.417. The van der Waals surface area contributed by atoms with Crippen LogP contribution in [0.25, 0.3) is 0 Å². The molecule has 2 rings (SSSR count). The lowest BCUT2D eigenvalue weighted by Crippen LogP contribution is -2.25. The first-order chi connectivity index (χ1) is 6.62. The van der Waals surface area contributed by atoms with Crippen molar-refractivity contribution in [3.63, 3.8) is 0 Å². The van der Waals surface area contributed by atoms with Gasteiger partial charge in [-0.1, -0.05) is 32.0 Å². The average molecular weight is 192 g/mol. The van der Waals surface area contributed by atoms with E-state index in [1.165, 1.54) is 0 Å². The highest BCUT2D eigenvalue weighted by atomic mass is 16.5. The van der Waals surface area contributed by atoms with Crippen LogP contribution in [-0.4, -0.2) is 5.97 Å². The van der Waals surface area contributed by atoms with Crippen LogP contribution in [0.4, 0.5) is 0 Å². The predicted molar refractivity (Wildman–Crippen MR) is 56.5 cm³/mol. The standard InChI is InChI=1S/C10H10O2.C2H6/c1-10(2)7-5-3-4-6-8(7)12-9(10)11;1-2/h3-6H,1-2H3;1-2H3. The largest absolute Gasteiger partial charge is 0.426 e. The molecule has 1 aromatic carbocycles. The molecule has 0 saturated carbocycles. The third-order valence-electron chi connectivity index (χ3n) is 2.27. The Bertz CT molecular complexity index is 340. The van der Waals surface area contributed by atoms with Crippen LogP contribution in [0, 0.1) is 0 Å². The maximum atomic E-state index is 11.3. The highest BCUT2D eigenvalue weighted by Crippen LogP contribution is 2.38. The molecule has 0 aliphatic carbocycles. The van der Waals surface area contributed by atoms with Gasteiger partial charge in [0.05, 0.1) is 5.41 Å². The van der Waals surface area contributed by atoms with Crippen LogP contribution in [0.3, 0.4) is 0 Å². The zero-order valence-corrected chi connectivity index (χ0v) is 9.13. The number of esters is 1. The van der Waals surface area contributed by atoms with Gasteiger partial charge in [0.1, 0.15) is 5.75 Å². The zero-order chi connectivity index (χ0) is 10.8. The molecule has 0 radical (unpaired) electrons. The van der Waals surface area contributed by atoms with E-state index in [0.717, 1.165) is 5.56 Å². The van der Waals surface area contributed by atoms with Gasteiger partial charge >= 0.3 is 5.97 Å².